The summed E-state index contributed by atoms with van der Waals surface area (Å²) in [6, 6.07) is 18.6. The normalized spacial score (nSPS) is 11.7. The van der Waals surface area contributed by atoms with Crippen LogP contribution in [0.5, 0.6) is 5.75 Å². The van der Waals surface area contributed by atoms with Gasteiger partial charge in [0.15, 0.2) is 0 Å². The number of benzene rings is 2. The fourth-order valence-corrected chi connectivity index (χ4v) is 2.04. The van der Waals surface area contributed by atoms with E-state index in [1.807, 2.05) is 36.4 Å². The molecule has 0 aliphatic rings. The van der Waals surface area contributed by atoms with Crippen molar-refractivity contribution in [3.05, 3.63) is 66.2 Å². The zero-order valence-electron chi connectivity index (χ0n) is 13.3. The van der Waals surface area contributed by atoms with Crippen LogP contribution in [0.1, 0.15) is 31.4 Å². The Balaban J connectivity index is 1.88. The number of rotatable bonds is 8. The molecule has 0 bridgehead atoms. The van der Waals surface area contributed by atoms with E-state index in [-0.39, 0.29) is 12.7 Å². The predicted octanol–water partition coefficient (Wildman–Crippen LogP) is 4.76. The predicted molar refractivity (Wildman–Crippen MR) is 88.5 cm³/mol. The molecule has 2 aromatic rings. The van der Waals surface area contributed by atoms with E-state index in [9.17, 15) is 4.79 Å². The summed E-state index contributed by atoms with van der Waals surface area (Å²) in [5, 5.41) is 0. The lowest BCUT2D eigenvalue weighted by Gasteiger charge is -2.18. The SMILES string of the molecule is CCCCOC(COC(=O)Oc1ccccc1)c1ccccc1. The van der Waals surface area contributed by atoms with Gasteiger partial charge < -0.3 is 14.2 Å². The molecule has 0 radical (unpaired) electrons. The highest BCUT2D eigenvalue weighted by molar-refractivity contribution is 5.63. The Labute approximate surface area is 137 Å². The minimum atomic E-state index is -0.726. The number of hydrogen-bond donors (Lipinski definition) is 0. The van der Waals surface area contributed by atoms with Gasteiger partial charge in [0.2, 0.25) is 0 Å². The van der Waals surface area contributed by atoms with E-state index in [1.54, 1.807) is 24.3 Å². The third-order valence-corrected chi connectivity index (χ3v) is 3.29. The van der Waals surface area contributed by atoms with Crippen LogP contribution in [0.4, 0.5) is 4.79 Å². The highest BCUT2D eigenvalue weighted by Crippen LogP contribution is 2.19. The summed E-state index contributed by atoms with van der Waals surface area (Å²) in [6.07, 6.45) is 1.01. The fourth-order valence-electron chi connectivity index (χ4n) is 2.04. The van der Waals surface area contributed by atoms with Crippen LogP contribution in [0.15, 0.2) is 60.7 Å². The topological polar surface area (TPSA) is 44.8 Å². The average Bonchev–Trinajstić information content (AvgIpc) is 2.59. The third-order valence-electron chi connectivity index (χ3n) is 3.29. The van der Waals surface area contributed by atoms with Gasteiger partial charge in [0, 0.05) is 6.61 Å². The van der Waals surface area contributed by atoms with E-state index in [4.69, 9.17) is 14.2 Å². The number of para-hydroxylation sites is 1. The van der Waals surface area contributed by atoms with Gasteiger partial charge in [-0.05, 0) is 24.1 Å². The molecule has 0 amide bonds. The molecule has 122 valence electrons. The first-order valence-corrected chi connectivity index (χ1v) is 7.85. The van der Waals surface area contributed by atoms with E-state index in [1.165, 1.54) is 0 Å². The number of carbonyl (C=O) groups excluding carboxylic acids is 1. The van der Waals surface area contributed by atoms with Gasteiger partial charge in [0.25, 0.3) is 0 Å². The molecule has 0 N–H and O–H groups in total. The first kappa shape index (κ1) is 17.0. The van der Waals surface area contributed by atoms with Crippen LogP contribution in [0, 0.1) is 0 Å². The minimum Gasteiger partial charge on any atom is -0.431 e. The lowest BCUT2D eigenvalue weighted by molar-refractivity contribution is -0.00726. The van der Waals surface area contributed by atoms with Crippen molar-refractivity contribution in [1.82, 2.24) is 0 Å². The molecule has 0 aliphatic heterocycles. The van der Waals surface area contributed by atoms with Crippen molar-refractivity contribution in [2.75, 3.05) is 13.2 Å². The van der Waals surface area contributed by atoms with E-state index in [2.05, 4.69) is 6.92 Å². The molecule has 2 rings (SSSR count). The maximum Gasteiger partial charge on any atom is 0.513 e. The summed E-state index contributed by atoms with van der Waals surface area (Å²) in [5.41, 5.74) is 0.983. The van der Waals surface area contributed by atoms with Crippen molar-refractivity contribution in [3.8, 4) is 5.75 Å². The Kier molecular flexibility index (Phi) is 7.14. The van der Waals surface area contributed by atoms with Crippen LogP contribution >= 0.6 is 0 Å². The number of carbonyl (C=O) groups is 1. The molecule has 1 atom stereocenters. The molecular formula is C19H22O4. The summed E-state index contributed by atoms with van der Waals surface area (Å²) < 4.78 is 16.2. The van der Waals surface area contributed by atoms with Gasteiger partial charge in [0.05, 0.1) is 0 Å². The lowest BCUT2D eigenvalue weighted by Crippen LogP contribution is -2.18. The zero-order valence-corrected chi connectivity index (χ0v) is 13.3. The van der Waals surface area contributed by atoms with Crippen LogP contribution in [0.2, 0.25) is 0 Å². The second kappa shape index (κ2) is 9.64. The number of unbranched alkanes of at least 4 members (excludes halogenated alkanes) is 1. The van der Waals surface area contributed by atoms with Crippen molar-refractivity contribution in [2.45, 2.75) is 25.9 Å². The van der Waals surface area contributed by atoms with E-state index >= 15 is 0 Å². The third kappa shape index (κ3) is 6.12. The van der Waals surface area contributed by atoms with Crippen molar-refractivity contribution < 1.29 is 19.0 Å². The van der Waals surface area contributed by atoms with Gasteiger partial charge in [-0.1, -0.05) is 61.9 Å². The second-order valence-electron chi connectivity index (χ2n) is 5.10. The van der Waals surface area contributed by atoms with Crippen LogP contribution in [-0.4, -0.2) is 19.4 Å². The monoisotopic (exact) mass is 314 g/mol. The maximum atomic E-state index is 11.8. The molecule has 1 unspecified atom stereocenters. The summed E-state index contributed by atoms with van der Waals surface area (Å²) in [5.74, 6) is 0.459. The Bertz CT molecular complexity index is 568. The number of hydrogen-bond acceptors (Lipinski definition) is 4. The molecule has 2 aromatic carbocycles. The van der Waals surface area contributed by atoms with Crippen molar-refractivity contribution >= 4 is 6.16 Å². The first-order chi connectivity index (χ1) is 11.3. The minimum absolute atomic E-state index is 0.124. The van der Waals surface area contributed by atoms with Gasteiger partial charge in [0.1, 0.15) is 18.5 Å². The molecule has 0 saturated carbocycles. The molecule has 4 nitrogen and oxygen atoms in total. The molecule has 0 fully saturated rings. The highest BCUT2D eigenvalue weighted by Gasteiger charge is 2.15. The quantitative estimate of drug-likeness (QED) is 0.400. The summed E-state index contributed by atoms with van der Waals surface area (Å²) >= 11 is 0. The van der Waals surface area contributed by atoms with Crippen LogP contribution < -0.4 is 4.74 Å². The molecular weight excluding hydrogens is 292 g/mol. The summed E-state index contributed by atoms with van der Waals surface area (Å²) in [7, 11) is 0. The van der Waals surface area contributed by atoms with Crippen LogP contribution in [-0.2, 0) is 9.47 Å². The molecule has 0 spiro atoms. The van der Waals surface area contributed by atoms with Crippen LogP contribution in [0.3, 0.4) is 0 Å². The maximum absolute atomic E-state index is 11.8. The van der Waals surface area contributed by atoms with Gasteiger partial charge in [-0.3, -0.25) is 0 Å². The molecule has 0 saturated heterocycles. The Hall–Kier alpha value is -2.33. The smallest absolute Gasteiger partial charge is 0.431 e. The molecule has 0 aliphatic carbocycles. The molecule has 23 heavy (non-hydrogen) atoms. The van der Waals surface area contributed by atoms with E-state index in [0.717, 1.165) is 18.4 Å². The van der Waals surface area contributed by atoms with Crippen molar-refractivity contribution in [3.63, 3.8) is 0 Å². The standard InChI is InChI=1S/C19H22O4/c1-2-3-14-21-18(16-10-6-4-7-11-16)15-22-19(20)23-17-12-8-5-9-13-17/h4-13,18H,2-3,14-15H2,1H3. The van der Waals surface area contributed by atoms with Crippen molar-refractivity contribution in [1.29, 1.82) is 0 Å². The van der Waals surface area contributed by atoms with Gasteiger partial charge in [-0.15, -0.1) is 0 Å². The molecule has 0 heterocycles. The van der Waals surface area contributed by atoms with Crippen LogP contribution in [0.25, 0.3) is 0 Å². The Morgan fingerprint density at radius 1 is 1.00 bits per heavy atom. The number of ether oxygens (including phenoxy) is 3. The first-order valence-electron chi connectivity index (χ1n) is 7.85. The largest absolute Gasteiger partial charge is 0.513 e. The Morgan fingerprint density at radius 3 is 2.30 bits per heavy atom. The van der Waals surface area contributed by atoms with E-state index in [0.29, 0.717) is 12.4 Å². The fraction of sp³-hybridized carbons (Fsp3) is 0.316. The van der Waals surface area contributed by atoms with Gasteiger partial charge >= 0.3 is 6.16 Å². The van der Waals surface area contributed by atoms with Crippen molar-refractivity contribution in [2.24, 2.45) is 0 Å². The van der Waals surface area contributed by atoms with Gasteiger partial charge in [-0.25, -0.2) is 4.79 Å². The highest BCUT2D eigenvalue weighted by atomic mass is 16.7. The summed E-state index contributed by atoms with van der Waals surface area (Å²) in [6.45, 7) is 2.86. The molecule has 0 aromatic heterocycles. The molecule has 4 heteroatoms. The van der Waals surface area contributed by atoms with Gasteiger partial charge in [-0.2, -0.15) is 0 Å². The van der Waals surface area contributed by atoms with E-state index < -0.39 is 6.16 Å². The zero-order chi connectivity index (χ0) is 16.3. The average molecular weight is 314 g/mol. The summed E-state index contributed by atoms with van der Waals surface area (Å²) in [4.78, 5) is 11.8. The Morgan fingerprint density at radius 2 is 1.65 bits per heavy atom. The lowest BCUT2D eigenvalue weighted by atomic mass is 10.1. The second-order valence-corrected chi connectivity index (χ2v) is 5.10.